The number of hydrogen-bond donors (Lipinski definition) is 1. The van der Waals surface area contributed by atoms with Crippen LogP contribution in [0, 0.1) is 5.82 Å². The number of hydrogen-bond acceptors (Lipinski definition) is 5. The molecule has 0 saturated carbocycles. The summed E-state index contributed by atoms with van der Waals surface area (Å²) >= 11 is 5.65. The van der Waals surface area contributed by atoms with Gasteiger partial charge in [-0.25, -0.2) is 4.39 Å². The molecule has 106 valence electrons. The molecular formula is C13H14ClFN4O. The van der Waals surface area contributed by atoms with Crippen molar-refractivity contribution in [3.05, 3.63) is 34.9 Å². The quantitative estimate of drug-likeness (QED) is 0.938. The van der Waals surface area contributed by atoms with Gasteiger partial charge < -0.3 is 9.84 Å². The van der Waals surface area contributed by atoms with Crippen molar-refractivity contribution in [2.75, 3.05) is 26.2 Å². The Morgan fingerprint density at radius 1 is 1.35 bits per heavy atom. The average molecular weight is 297 g/mol. The van der Waals surface area contributed by atoms with Crippen LogP contribution < -0.4 is 5.32 Å². The predicted octanol–water partition coefficient (Wildman–Crippen LogP) is 1.93. The van der Waals surface area contributed by atoms with Crippen LogP contribution in [0.5, 0.6) is 0 Å². The summed E-state index contributed by atoms with van der Waals surface area (Å²) in [5.74, 6) is 0.425. The molecule has 7 heteroatoms. The van der Waals surface area contributed by atoms with E-state index < -0.39 is 5.82 Å². The fraction of sp³-hybridized carbons (Fsp3) is 0.385. The van der Waals surface area contributed by atoms with E-state index in [0.29, 0.717) is 23.8 Å². The fourth-order valence-electron chi connectivity index (χ4n) is 2.13. The fourth-order valence-corrected chi connectivity index (χ4v) is 2.25. The zero-order valence-electron chi connectivity index (χ0n) is 10.8. The lowest BCUT2D eigenvalue weighted by Crippen LogP contribution is -2.43. The maximum atomic E-state index is 13.4. The van der Waals surface area contributed by atoms with E-state index in [9.17, 15) is 4.39 Å². The second-order valence-corrected chi connectivity index (χ2v) is 5.08. The first kappa shape index (κ1) is 13.5. The number of rotatable bonds is 3. The zero-order chi connectivity index (χ0) is 13.9. The highest BCUT2D eigenvalue weighted by atomic mass is 35.5. The maximum Gasteiger partial charge on any atom is 0.258 e. The Labute approximate surface area is 120 Å². The largest absolute Gasteiger partial charge is 0.334 e. The van der Waals surface area contributed by atoms with Crippen LogP contribution in [-0.4, -0.2) is 41.2 Å². The summed E-state index contributed by atoms with van der Waals surface area (Å²) in [6.45, 7) is 4.49. The summed E-state index contributed by atoms with van der Waals surface area (Å²) in [6.07, 6.45) is 0. The van der Waals surface area contributed by atoms with Crippen molar-refractivity contribution in [1.29, 1.82) is 0 Å². The van der Waals surface area contributed by atoms with Crippen LogP contribution in [0.1, 0.15) is 5.82 Å². The van der Waals surface area contributed by atoms with Crippen LogP contribution in [0.25, 0.3) is 11.5 Å². The van der Waals surface area contributed by atoms with Crippen LogP contribution >= 0.6 is 11.6 Å². The van der Waals surface area contributed by atoms with E-state index in [-0.39, 0.29) is 5.02 Å². The van der Waals surface area contributed by atoms with Crippen molar-refractivity contribution in [3.8, 4) is 11.5 Å². The van der Waals surface area contributed by atoms with Gasteiger partial charge in [0.1, 0.15) is 5.82 Å². The molecule has 0 spiro atoms. The first-order valence-electron chi connectivity index (χ1n) is 6.43. The highest BCUT2D eigenvalue weighted by Crippen LogP contribution is 2.23. The molecule has 0 bridgehead atoms. The second-order valence-electron chi connectivity index (χ2n) is 4.67. The summed E-state index contributed by atoms with van der Waals surface area (Å²) in [5.41, 5.74) is 0.533. The Morgan fingerprint density at radius 3 is 2.90 bits per heavy atom. The van der Waals surface area contributed by atoms with Gasteiger partial charge in [-0.3, -0.25) is 4.90 Å². The van der Waals surface area contributed by atoms with Crippen molar-refractivity contribution in [1.82, 2.24) is 20.4 Å². The van der Waals surface area contributed by atoms with Gasteiger partial charge in [-0.15, -0.1) is 0 Å². The van der Waals surface area contributed by atoms with Gasteiger partial charge in [0.25, 0.3) is 5.89 Å². The van der Waals surface area contributed by atoms with Crippen molar-refractivity contribution in [2.24, 2.45) is 0 Å². The molecule has 5 nitrogen and oxygen atoms in total. The lowest BCUT2D eigenvalue weighted by atomic mass is 10.2. The van der Waals surface area contributed by atoms with Gasteiger partial charge in [-0.2, -0.15) is 4.98 Å². The average Bonchev–Trinajstić information content (AvgIpc) is 2.91. The number of aromatic nitrogens is 2. The van der Waals surface area contributed by atoms with E-state index in [1.807, 2.05) is 0 Å². The molecule has 1 saturated heterocycles. The molecule has 1 N–H and O–H groups in total. The van der Waals surface area contributed by atoms with E-state index in [1.165, 1.54) is 12.1 Å². The molecule has 1 fully saturated rings. The molecule has 0 atom stereocenters. The Bertz CT molecular complexity index is 598. The molecule has 1 aliphatic rings. The van der Waals surface area contributed by atoms with Gasteiger partial charge in [0.05, 0.1) is 11.6 Å². The molecule has 2 aromatic rings. The summed E-state index contributed by atoms with van der Waals surface area (Å²) in [7, 11) is 0. The molecular weight excluding hydrogens is 283 g/mol. The van der Waals surface area contributed by atoms with Crippen LogP contribution in [0.4, 0.5) is 4.39 Å². The predicted molar refractivity (Wildman–Crippen MR) is 72.8 cm³/mol. The maximum absolute atomic E-state index is 13.4. The van der Waals surface area contributed by atoms with Crippen molar-refractivity contribution >= 4 is 11.6 Å². The smallest absolute Gasteiger partial charge is 0.258 e. The summed E-state index contributed by atoms with van der Waals surface area (Å²) in [4.78, 5) is 6.54. The minimum absolute atomic E-state index is 0.0781. The minimum Gasteiger partial charge on any atom is -0.334 e. The first-order valence-corrected chi connectivity index (χ1v) is 6.81. The van der Waals surface area contributed by atoms with E-state index in [2.05, 4.69) is 20.4 Å². The summed E-state index contributed by atoms with van der Waals surface area (Å²) in [6, 6.07) is 4.43. The van der Waals surface area contributed by atoms with Gasteiger partial charge in [-0.05, 0) is 18.2 Å². The normalized spacial score (nSPS) is 16.5. The van der Waals surface area contributed by atoms with Crippen molar-refractivity contribution < 1.29 is 8.91 Å². The number of halogens is 2. The molecule has 0 aliphatic carbocycles. The highest BCUT2D eigenvalue weighted by Gasteiger charge is 2.15. The Morgan fingerprint density at radius 2 is 2.15 bits per heavy atom. The number of benzene rings is 1. The SMILES string of the molecule is Fc1cc(-c2nc(CN3CCNCC3)no2)ccc1Cl. The van der Waals surface area contributed by atoms with Crippen LogP contribution in [0.3, 0.4) is 0 Å². The van der Waals surface area contributed by atoms with Gasteiger partial charge >= 0.3 is 0 Å². The van der Waals surface area contributed by atoms with Crippen molar-refractivity contribution in [2.45, 2.75) is 6.54 Å². The molecule has 1 aromatic heterocycles. The third kappa shape index (κ3) is 2.98. The molecule has 1 aromatic carbocycles. The Hall–Kier alpha value is -1.50. The molecule has 0 amide bonds. The molecule has 20 heavy (non-hydrogen) atoms. The third-order valence-electron chi connectivity index (χ3n) is 3.21. The zero-order valence-corrected chi connectivity index (χ0v) is 11.5. The third-order valence-corrected chi connectivity index (χ3v) is 3.52. The molecule has 0 unspecified atom stereocenters. The number of nitrogens with one attached hydrogen (secondary N) is 1. The topological polar surface area (TPSA) is 54.2 Å². The summed E-state index contributed by atoms with van der Waals surface area (Å²) < 4.78 is 18.6. The van der Waals surface area contributed by atoms with E-state index in [0.717, 1.165) is 26.2 Å². The first-order chi connectivity index (χ1) is 9.72. The van der Waals surface area contributed by atoms with Crippen molar-refractivity contribution in [3.63, 3.8) is 0 Å². The van der Waals surface area contributed by atoms with E-state index >= 15 is 0 Å². The van der Waals surface area contributed by atoms with Gasteiger partial charge in [0.15, 0.2) is 5.82 Å². The van der Waals surface area contributed by atoms with E-state index in [1.54, 1.807) is 6.07 Å². The molecule has 0 radical (unpaired) electrons. The van der Waals surface area contributed by atoms with Gasteiger partial charge in [-0.1, -0.05) is 16.8 Å². The van der Waals surface area contributed by atoms with Gasteiger partial charge in [0.2, 0.25) is 0 Å². The molecule has 1 aliphatic heterocycles. The van der Waals surface area contributed by atoms with E-state index in [4.69, 9.17) is 16.1 Å². The minimum atomic E-state index is -0.494. The van der Waals surface area contributed by atoms with Gasteiger partial charge in [0, 0.05) is 31.7 Å². The van der Waals surface area contributed by atoms with Crippen LogP contribution in [0.2, 0.25) is 5.02 Å². The molecule has 3 rings (SSSR count). The Balaban J connectivity index is 1.73. The number of piperazine rings is 1. The lowest BCUT2D eigenvalue weighted by molar-refractivity contribution is 0.225. The Kier molecular flexibility index (Phi) is 3.95. The molecule has 2 heterocycles. The number of nitrogens with zero attached hydrogens (tertiary/aromatic N) is 3. The monoisotopic (exact) mass is 296 g/mol. The summed E-state index contributed by atoms with van der Waals surface area (Å²) in [5, 5.41) is 7.30. The lowest BCUT2D eigenvalue weighted by Gasteiger charge is -2.25. The standard InChI is InChI=1S/C13H14ClFN4O/c14-10-2-1-9(7-11(10)15)13-17-12(18-20-13)8-19-5-3-16-4-6-19/h1-2,7,16H,3-6,8H2. The van der Waals surface area contributed by atoms with Crippen LogP contribution in [-0.2, 0) is 6.54 Å². The van der Waals surface area contributed by atoms with Crippen LogP contribution in [0.15, 0.2) is 22.7 Å². The second kappa shape index (κ2) is 5.87. The highest BCUT2D eigenvalue weighted by molar-refractivity contribution is 6.30.